The minimum atomic E-state index is -0.572. The number of nitrogens with one attached hydrogen (secondary N) is 2. The van der Waals surface area contributed by atoms with E-state index in [1.165, 1.54) is 4.52 Å². The quantitative estimate of drug-likeness (QED) is 0.131. The summed E-state index contributed by atoms with van der Waals surface area (Å²) in [6.45, 7) is 29.4. The number of rotatable bonds is 12. The fraction of sp³-hybridized carbons (Fsp3) is 0.548. The predicted molar refractivity (Wildman–Crippen MR) is 209 cm³/mol. The Morgan fingerprint density at radius 2 is 1.86 bits per heavy atom. The predicted octanol–water partition coefficient (Wildman–Crippen LogP) is 9.32. The van der Waals surface area contributed by atoms with Crippen molar-refractivity contribution in [2.45, 2.75) is 106 Å². The van der Waals surface area contributed by atoms with Crippen LogP contribution < -0.4 is 10.9 Å². The number of benzene rings is 1. The number of aromatic amines is 1. The number of nitrogens with zero attached hydrogens (tertiary/aromatic N) is 3. The van der Waals surface area contributed by atoms with Crippen LogP contribution in [0.2, 0.25) is 0 Å². The van der Waals surface area contributed by atoms with Crippen molar-refractivity contribution >= 4 is 16.9 Å². The van der Waals surface area contributed by atoms with E-state index >= 15 is 0 Å². The first kappa shape index (κ1) is 40.6. The molecule has 0 amide bonds. The topological polar surface area (TPSA) is 94.8 Å². The number of H-pyrrole nitrogens is 1. The Hall–Kier alpha value is -3.78. The molecule has 50 heavy (non-hydrogen) atoms. The van der Waals surface area contributed by atoms with E-state index in [0.717, 1.165) is 52.9 Å². The third kappa shape index (κ3) is 8.06. The van der Waals surface area contributed by atoms with Gasteiger partial charge >= 0.3 is 0 Å². The summed E-state index contributed by atoms with van der Waals surface area (Å²) < 4.78 is 13.4. The highest BCUT2D eigenvalue weighted by molar-refractivity contribution is 5.87. The standard InChI is InChI=1S/C35H47N5O2.C7H15F/c1-11-35(12-2)24(6)33(7,8)21-34(9,32(35)42)26-15-13-25(14-16-26)27-20-29(41)40-31(38-27)30(22(3)4)28(39-40)19-23(5)37-18-17-36-10;1-4-7(5-8)6(2)3/h11,13-18,20,24,32,36,39,42H,1,3,12,19,21H2,2,4-10H3;6-7H,4-5H2,1-3H3/b18-17-,37-23?;. The Labute approximate surface area is 299 Å². The third-order valence-corrected chi connectivity index (χ3v) is 11.5. The van der Waals surface area contributed by atoms with Gasteiger partial charge in [0.05, 0.1) is 18.5 Å². The molecule has 0 spiro atoms. The van der Waals surface area contributed by atoms with Crippen LogP contribution in [-0.4, -0.2) is 45.2 Å². The van der Waals surface area contributed by atoms with Crippen LogP contribution in [0.5, 0.6) is 0 Å². The molecule has 2 aromatic heterocycles. The lowest BCUT2D eigenvalue weighted by molar-refractivity contribution is -0.123. The number of aliphatic hydroxyl groups excluding tert-OH is 1. The Bertz CT molecular complexity index is 1740. The minimum Gasteiger partial charge on any atom is -0.393 e. The molecule has 3 N–H and O–H groups in total. The minimum absolute atomic E-state index is 0.00923. The molecule has 5 unspecified atom stereocenters. The second-order valence-electron chi connectivity index (χ2n) is 15.6. The van der Waals surface area contributed by atoms with Crippen molar-refractivity contribution < 1.29 is 9.50 Å². The van der Waals surface area contributed by atoms with Gasteiger partial charge < -0.3 is 10.4 Å². The maximum Gasteiger partial charge on any atom is 0.273 e. The van der Waals surface area contributed by atoms with Gasteiger partial charge in [-0.3, -0.25) is 19.3 Å². The molecule has 1 aliphatic carbocycles. The van der Waals surface area contributed by atoms with Gasteiger partial charge in [-0.1, -0.05) is 98.7 Å². The van der Waals surface area contributed by atoms with Crippen LogP contribution in [0, 0.1) is 28.6 Å². The molecule has 7 nitrogen and oxygen atoms in total. The number of aliphatic imine (C=N–C) groups is 1. The van der Waals surface area contributed by atoms with Gasteiger partial charge in [-0.05, 0) is 61.0 Å². The summed E-state index contributed by atoms with van der Waals surface area (Å²) in [5.74, 6) is 1.08. The molecule has 1 saturated carbocycles. The molecule has 5 atom stereocenters. The zero-order valence-corrected chi connectivity index (χ0v) is 32.5. The zero-order chi connectivity index (χ0) is 37.6. The van der Waals surface area contributed by atoms with E-state index in [4.69, 9.17) is 4.98 Å². The van der Waals surface area contributed by atoms with Gasteiger partial charge in [0.2, 0.25) is 0 Å². The molecule has 8 heteroatoms. The van der Waals surface area contributed by atoms with Crippen LogP contribution >= 0.6 is 0 Å². The van der Waals surface area contributed by atoms with Gasteiger partial charge in [-0.25, -0.2) is 9.50 Å². The first-order valence-electron chi connectivity index (χ1n) is 18.1. The highest BCUT2D eigenvalue weighted by Gasteiger charge is 2.58. The van der Waals surface area contributed by atoms with Crippen LogP contribution in [0.25, 0.3) is 22.5 Å². The van der Waals surface area contributed by atoms with Gasteiger partial charge in [-0.15, -0.1) is 6.58 Å². The normalized spacial score (nSPS) is 24.2. The lowest BCUT2D eigenvalue weighted by Crippen LogP contribution is -2.60. The van der Waals surface area contributed by atoms with Gasteiger partial charge in [0.25, 0.3) is 5.56 Å². The highest BCUT2D eigenvalue weighted by Crippen LogP contribution is 2.60. The van der Waals surface area contributed by atoms with Gasteiger partial charge in [0.15, 0.2) is 5.65 Å². The molecule has 1 fully saturated rings. The molecule has 2 heterocycles. The van der Waals surface area contributed by atoms with Crippen molar-refractivity contribution in [1.29, 1.82) is 0 Å². The molecule has 4 rings (SSSR count). The summed E-state index contributed by atoms with van der Waals surface area (Å²) in [5.41, 5.74) is 5.42. The molecule has 0 aliphatic heterocycles. The Kier molecular flexibility index (Phi) is 13.4. The second kappa shape index (κ2) is 16.5. The van der Waals surface area contributed by atoms with Gasteiger partial charge in [-0.2, -0.15) is 0 Å². The summed E-state index contributed by atoms with van der Waals surface area (Å²) in [5, 5.41) is 18.0. The number of aromatic nitrogens is 3. The molecule has 1 aliphatic rings. The van der Waals surface area contributed by atoms with Crippen LogP contribution in [0.1, 0.15) is 105 Å². The summed E-state index contributed by atoms with van der Waals surface area (Å²) in [6.07, 6.45) is 8.05. The van der Waals surface area contributed by atoms with Gasteiger partial charge in [0, 0.05) is 65.3 Å². The van der Waals surface area contributed by atoms with Crippen molar-refractivity contribution in [2.75, 3.05) is 13.7 Å². The Balaban J connectivity index is 0.000000753. The average Bonchev–Trinajstić information content (AvgIpc) is 3.44. The maximum atomic E-state index is 13.3. The summed E-state index contributed by atoms with van der Waals surface area (Å²) >= 11 is 0. The van der Waals surface area contributed by atoms with E-state index in [0.29, 0.717) is 23.7 Å². The van der Waals surface area contributed by atoms with E-state index < -0.39 is 11.5 Å². The smallest absolute Gasteiger partial charge is 0.273 e. The van der Waals surface area contributed by atoms with Crippen molar-refractivity contribution in [3.63, 3.8) is 0 Å². The SMILES string of the molecule is C=CC1(CC)C(C)C(C)(C)CC(C)(c2ccc(-c3cc(=O)n4[nH]c(CC(C)=N/C=C\NC)c(C(=C)C)c4n3)cc2)C1O.CCC(CF)C(C)C. The van der Waals surface area contributed by atoms with Crippen molar-refractivity contribution in [2.24, 2.45) is 33.6 Å². The van der Waals surface area contributed by atoms with E-state index in [-0.39, 0.29) is 34.9 Å². The van der Waals surface area contributed by atoms with Crippen LogP contribution in [0.15, 0.2) is 71.8 Å². The van der Waals surface area contributed by atoms with Gasteiger partial charge in [0.1, 0.15) is 0 Å². The molecule has 0 radical (unpaired) electrons. The monoisotopic (exact) mass is 687 g/mol. The lowest BCUT2D eigenvalue weighted by Gasteiger charge is -2.60. The number of alkyl halides is 1. The van der Waals surface area contributed by atoms with Crippen molar-refractivity contribution in [3.8, 4) is 11.3 Å². The van der Waals surface area contributed by atoms with E-state index in [9.17, 15) is 14.3 Å². The molecule has 0 saturated heterocycles. The summed E-state index contributed by atoms with van der Waals surface area (Å²) in [4.78, 5) is 22.7. The second-order valence-corrected chi connectivity index (χ2v) is 15.6. The molecular weight excluding hydrogens is 625 g/mol. The average molecular weight is 688 g/mol. The highest BCUT2D eigenvalue weighted by atomic mass is 19.1. The van der Waals surface area contributed by atoms with Crippen LogP contribution in [0.3, 0.4) is 0 Å². The zero-order valence-electron chi connectivity index (χ0n) is 32.5. The Morgan fingerprint density at radius 1 is 1.22 bits per heavy atom. The first-order chi connectivity index (χ1) is 23.5. The number of halogens is 1. The van der Waals surface area contributed by atoms with E-state index in [2.05, 4.69) is 89.2 Å². The molecule has 3 aromatic rings. The van der Waals surface area contributed by atoms with Crippen molar-refractivity contribution in [1.82, 2.24) is 19.9 Å². The fourth-order valence-corrected chi connectivity index (χ4v) is 8.07. The van der Waals surface area contributed by atoms with Crippen LogP contribution in [-0.2, 0) is 11.8 Å². The number of fused-ring (bicyclic) bond motifs is 1. The van der Waals surface area contributed by atoms with E-state index in [1.807, 2.05) is 46.0 Å². The molecule has 274 valence electrons. The third-order valence-electron chi connectivity index (χ3n) is 11.5. The fourth-order valence-electron chi connectivity index (χ4n) is 8.07. The molecule has 1 aromatic carbocycles. The summed E-state index contributed by atoms with van der Waals surface area (Å²) in [6, 6.07) is 9.74. The van der Waals surface area contributed by atoms with E-state index in [1.54, 1.807) is 18.5 Å². The molecular formula is C42H62FN5O2. The summed E-state index contributed by atoms with van der Waals surface area (Å²) in [7, 11) is 1.82. The largest absolute Gasteiger partial charge is 0.393 e. The first-order valence-corrected chi connectivity index (χ1v) is 18.1. The Morgan fingerprint density at radius 3 is 2.34 bits per heavy atom. The number of aliphatic hydroxyl groups is 1. The van der Waals surface area contributed by atoms with Crippen molar-refractivity contribution in [3.05, 3.63) is 89.1 Å². The van der Waals surface area contributed by atoms with Crippen LogP contribution in [0.4, 0.5) is 4.39 Å². The number of hydrogen-bond acceptors (Lipinski definition) is 5. The lowest BCUT2D eigenvalue weighted by atomic mass is 9.46. The number of hydrogen-bond donors (Lipinski definition) is 3. The maximum absolute atomic E-state index is 13.3. The number of allylic oxidation sites excluding steroid dienone is 1. The molecule has 0 bridgehead atoms.